The SMILES string of the molecule is C=CCN(CC(=O)O)C(=O)NC(C)CN1CCOCC1. The molecule has 0 aromatic heterocycles. The molecule has 20 heavy (non-hydrogen) atoms. The van der Waals surface area contributed by atoms with Crippen molar-refractivity contribution in [1.29, 1.82) is 0 Å². The third-order valence-electron chi connectivity index (χ3n) is 2.97. The molecule has 1 atom stereocenters. The van der Waals surface area contributed by atoms with Crippen LogP contribution in [0.4, 0.5) is 4.79 Å². The van der Waals surface area contributed by atoms with Crippen molar-refractivity contribution in [2.24, 2.45) is 0 Å². The van der Waals surface area contributed by atoms with Crippen LogP contribution < -0.4 is 5.32 Å². The molecule has 0 saturated carbocycles. The number of nitrogens with zero attached hydrogens (tertiary/aromatic N) is 2. The van der Waals surface area contributed by atoms with Gasteiger partial charge in [-0.25, -0.2) is 4.79 Å². The summed E-state index contributed by atoms with van der Waals surface area (Å²) in [4.78, 5) is 26.1. The van der Waals surface area contributed by atoms with Gasteiger partial charge in [0.25, 0.3) is 0 Å². The molecule has 7 nitrogen and oxygen atoms in total. The summed E-state index contributed by atoms with van der Waals surface area (Å²) >= 11 is 0. The summed E-state index contributed by atoms with van der Waals surface area (Å²) in [7, 11) is 0. The maximum atomic E-state index is 12.0. The Morgan fingerprint density at radius 3 is 2.70 bits per heavy atom. The van der Waals surface area contributed by atoms with Gasteiger partial charge in [-0.15, -0.1) is 6.58 Å². The molecule has 0 bridgehead atoms. The van der Waals surface area contributed by atoms with Gasteiger partial charge in [-0.2, -0.15) is 0 Å². The molecule has 0 aromatic carbocycles. The van der Waals surface area contributed by atoms with E-state index in [0.29, 0.717) is 13.2 Å². The molecule has 1 saturated heterocycles. The average Bonchev–Trinajstić information content (AvgIpc) is 2.38. The van der Waals surface area contributed by atoms with Crippen LogP contribution in [-0.2, 0) is 9.53 Å². The summed E-state index contributed by atoms with van der Waals surface area (Å²) in [6.45, 7) is 9.16. The number of carbonyl (C=O) groups excluding carboxylic acids is 1. The number of hydrogen-bond donors (Lipinski definition) is 2. The molecule has 0 aliphatic carbocycles. The van der Waals surface area contributed by atoms with E-state index in [1.165, 1.54) is 11.0 Å². The van der Waals surface area contributed by atoms with Crippen LogP contribution >= 0.6 is 0 Å². The van der Waals surface area contributed by atoms with E-state index in [1.807, 2.05) is 6.92 Å². The number of rotatable bonds is 7. The Balaban J connectivity index is 2.40. The molecule has 0 radical (unpaired) electrons. The number of urea groups is 1. The zero-order chi connectivity index (χ0) is 15.0. The second-order valence-corrected chi connectivity index (χ2v) is 4.83. The number of carboxylic acid groups (broad SMARTS) is 1. The van der Waals surface area contributed by atoms with Gasteiger partial charge in [-0.05, 0) is 6.92 Å². The molecule has 1 aliphatic rings. The van der Waals surface area contributed by atoms with Gasteiger partial charge in [0.2, 0.25) is 0 Å². The normalized spacial score (nSPS) is 17.2. The van der Waals surface area contributed by atoms with E-state index >= 15 is 0 Å². The lowest BCUT2D eigenvalue weighted by Gasteiger charge is -2.30. The topological polar surface area (TPSA) is 82.1 Å². The molecule has 1 rings (SSSR count). The van der Waals surface area contributed by atoms with E-state index < -0.39 is 5.97 Å². The summed E-state index contributed by atoms with van der Waals surface area (Å²) in [6.07, 6.45) is 1.51. The van der Waals surface area contributed by atoms with E-state index in [1.54, 1.807) is 0 Å². The van der Waals surface area contributed by atoms with Crippen LogP contribution in [-0.4, -0.2) is 78.9 Å². The molecule has 1 fully saturated rings. The Hall–Kier alpha value is -1.60. The van der Waals surface area contributed by atoms with Crippen LogP contribution in [0.25, 0.3) is 0 Å². The lowest BCUT2D eigenvalue weighted by molar-refractivity contribution is -0.137. The minimum absolute atomic E-state index is 0.0540. The standard InChI is InChI=1S/C13H23N3O4/c1-3-4-16(10-12(17)18)13(19)14-11(2)9-15-5-7-20-8-6-15/h3,11H,1,4-10H2,2H3,(H,14,19)(H,17,18). The van der Waals surface area contributed by atoms with Gasteiger partial charge < -0.3 is 20.1 Å². The van der Waals surface area contributed by atoms with Crippen LogP contribution in [0.5, 0.6) is 0 Å². The lowest BCUT2D eigenvalue weighted by Crippen LogP contribution is -2.50. The van der Waals surface area contributed by atoms with Crippen LogP contribution in [0.15, 0.2) is 12.7 Å². The Morgan fingerprint density at radius 2 is 2.15 bits per heavy atom. The fourth-order valence-electron chi connectivity index (χ4n) is 2.06. The van der Waals surface area contributed by atoms with E-state index in [-0.39, 0.29) is 25.2 Å². The summed E-state index contributed by atoms with van der Waals surface area (Å²) < 4.78 is 5.26. The minimum Gasteiger partial charge on any atom is -0.480 e. The molecule has 0 aromatic rings. The van der Waals surface area contributed by atoms with Crippen molar-refractivity contribution in [1.82, 2.24) is 15.1 Å². The third-order valence-corrected chi connectivity index (χ3v) is 2.97. The van der Waals surface area contributed by atoms with Gasteiger partial charge in [0.05, 0.1) is 13.2 Å². The van der Waals surface area contributed by atoms with Gasteiger partial charge in [-0.1, -0.05) is 6.08 Å². The highest BCUT2D eigenvalue weighted by Gasteiger charge is 2.19. The number of nitrogens with one attached hydrogen (secondary N) is 1. The molecular weight excluding hydrogens is 262 g/mol. The highest BCUT2D eigenvalue weighted by atomic mass is 16.5. The number of ether oxygens (including phenoxy) is 1. The van der Waals surface area contributed by atoms with Gasteiger partial charge in [-0.3, -0.25) is 9.69 Å². The van der Waals surface area contributed by atoms with E-state index in [4.69, 9.17) is 9.84 Å². The van der Waals surface area contributed by atoms with Crippen molar-refractivity contribution >= 4 is 12.0 Å². The first-order chi connectivity index (χ1) is 9.52. The van der Waals surface area contributed by atoms with E-state index in [2.05, 4.69) is 16.8 Å². The predicted molar refractivity (Wildman–Crippen MR) is 74.7 cm³/mol. The van der Waals surface area contributed by atoms with Crippen molar-refractivity contribution in [3.05, 3.63) is 12.7 Å². The second kappa shape index (κ2) is 8.55. The highest BCUT2D eigenvalue weighted by molar-refractivity contribution is 5.80. The van der Waals surface area contributed by atoms with Gasteiger partial charge in [0.15, 0.2) is 0 Å². The first-order valence-corrected chi connectivity index (χ1v) is 6.71. The molecule has 114 valence electrons. The van der Waals surface area contributed by atoms with Crippen LogP contribution in [0.3, 0.4) is 0 Å². The lowest BCUT2D eigenvalue weighted by atomic mass is 10.3. The average molecular weight is 285 g/mol. The molecule has 7 heteroatoms. The van der Waals surface area contributed by atoms with E-state index in [0.717, 1.165) is 19.6 Å². The third kappa shape index (κ3) is 6.03. The van der Waals surface area contributed by atoms with Crippen molar-refractivity contribution in [3.63, 3.8) is 0 Å². The fourth-order valence-corrected chi connectivity index (χ4v) is 2.06. The molecule has 2 amide bonds. The smallest absolute Gasteiger partial charge is 0.323 e. The first-order valence-electron chi connectivity index (χ1n) is 6.71. The highest BCUT2D eigenvalue weighted by Crippen LogP contribution is 1.99. The van der Waals surface area contributed by atoms with Crippen LogP contribution in [0, 0.1) is 0 Å². The monoisotopic (exact) mass is 285 g/mol. The fraction of sp³-hybridized carbons (Fsp3) is 0.692. The molecule has 1 aliphatic heterocycles. The Morgan fingerprint density at radius 1 is 1.50 bits per heavy atom. The Labute approximate surface area is 119 Å². The van der Waals surface area contributed by atoms with Crippen molar-refractivity contribution in [2.75, 3.05) is 45.9 Å². The van der Waals surface area contributed by atoms with Gasteiger partial charge in [0.1, 0.15) is 6.54 Å². The van der Waals surface area contributed by atoms with Crippen molar-refractivity contribution < 1.29 is 19.4 Å². The summed E-state index contributed by atoms with van der Waals surface area (Å²) in [5.74, 6) is -1.04. The van der Waals surface area contributed by atoms with Crippen LogP contribution in [0.1, 0.15) is 6.92 Å². The molecule has 0 spiro atoms. The summed E-state index contributed by atoms with van der Waals surface area (Å²) in [5.41, 5.74) is 0. The zero-order valence-electron chi connectivity index (χ0n) is 11.9. The maximum absolute atomic E-state index is 12.0. The van der Waals surface area contributed by atoms with Gasteiger partial charge >= 0.3 is 12.0 Å². The Kier molecular flexibility index (Phi) is 7.03. The minimum atomic E-state index is -1.04. The molecule has 2 N–H and O–H groups in total. The second-order valence-electron chi connectivity index (χ2n) is 4.83. The number of aliphatic carboxylic acids is 1. The maximum Gasteiger partial charge on any atom is 0.323 e. The number of amides is 2. The Bertz CT molecular complexity index is 343. The molecule has 1 unspecified atom stereocenters. The van der Waals surface area contributed by atoms with Crippen molar-refractivity contribution in [3.8, 4) is 0 Å². The van der Waals surface area contributed by atoms with Crippen LogP contribution in [0.2, 0.25) is 0 Å². The van der Waals surface area contributed by atoms with E-state index in [9.17, 15) is 9.59 Å². The number of hydrogen-bond acceptors (Lipinski definition) is 4. The largest absolute Gasteiger partial charge is 0.480 e. The summed E-state index contributed by atoms with van der Waals surface area (Å²) in [5, 5.41) is 11.6. The zero-order valence-corrected chi connectivity index (χ0v) is 11.9. The molecular formula is C13H23N3O4. The quantitative estimate of drug-likeness (QED) is 0.643. The first kappa shape index (κ1) is 16.5. The summed E-state index contributed by atoms with van der Waals surface area (Å²) in [6, 6.07) is -0.435. The number of carbonyl (C=O) groups is 2. The number of carboxylic acids is 1. The molecule has 1 heterocycles. The number of morpholine rings is 1. The predicted octanol–water partition coefficient (Wildman–Crippen LogP) is -0.0107. The van der Waals surface area contributed by atoms with Crippen molar-refractivity contribution in [2.45, 2.75) is 13.0 Å². The van der Waals surface area contributed by atoms with Gasteiger partial charge in [0, 0.05) is 32.2 Å².